The minimum atomic E-state index is 0.549. The molecule has 0 aromatic carbocycles. The highest BCUT2D eigenvalue weighted by Gasteiger charge is 2.29. The van der Waals surface area contributed by atoms with Crippen molar-refractivity contribution in [1.82, 2.24) is 9.97 Å². The Balaban J connectivity index is 1.95. The molecule has 1 aromatic rings. The Morgan fingerprint density at radius 2 is 1.81 bits per heavy atom. The van der Waals surface area contributed by atoms with Crippen LogP contribution < -0.4 is 16.6 Å². The van der Waals surface area contributed by atoms with Crippen LogP contribution >= 0.6 is 0 Å². The van der Waals surface area contributed by atoms with E-state index in [0.717, 1.165) is 23.0 Å². The van der Waals surface area contributed by atoms with Crippen molar-refractivity contribution in [3.63, 3.8) is 0 Å². The normalized spacial score (nSPS) is 19.6. The van der Waals surface area contributed by atoms with Crippen LogP contribution in [0.5, 0.6) is 0 Å². The van der Waals surface area contributed by atoms with E-state index in [1.165, 1.54) is 25.7 Å². The van der Waals surface area contributed by atoms with Crippen LogP contribution in [0.4, 0.5) is 11.6 Å². The van der Waals surface area contributed by atoms with Crippen LogP contribution in [0.25, 0.3) is 0 Å². The van der Waals surface area contributed by atoms with Gasteiger partial charge in [-0.2, -0.15) is 0 Å². The van der Waals surface area contributed by atoms with Gasteiger partial charge in [0.15, 0.2) is 0 Å². The van der Waals surface area contributed by atoms with Gasteiger partial charge in [0.1, 0.15) is 17.5 Å². The molecule has 0 spiro atoms. The first-order valence-corrected chi connectivity index (χ1v) is 5.89. The summed E-state index contributed by atoms with van der Waals surface area (Å²) in [5.41, 5.74) is 3.67. The van der Waals surface area contributed by atoms with E-state index >= 15 is 0 Å². The lowest BCUT2D eigenvalue weighted by Crippen LogP contribution is -2.15. The average Bonchev–Trinajstić information content (AvgIpc) is 3.14. The molecule has 2 aliphatic carbocycles. The Kier molecular flexibility index (Phi) is 2.21. The third-order valence-electron chi connectivity index (χ3n) is 3.16. The van der Waals surface area contributed by atoms with Gasteiger partial charge in [-0.05, 0) is 32.6 Å². The molecule has 0 atom stereocenters. The fourth-order valence-corrected chi connectivity index (χ4v) is 1.76. The van der Waals surface area contributed by atoms with E-state index in [2.05, 4.69) is 20.7 Å². The summed E-state index contributed by atoms with van der Waals surface area (Å²) in [5, 5.41) is 3.44. The number of anilines is 2. The molecule has 0 saturated heterocycles. The minimum Gasteiger partial charge on any atom is -0.367 e. The number of aromatic nitrogens is 2. The lowest BCUT2D eigenvalue weighted by Gasteiger charge is -2.12. The van der Waals surface area contributed by atoms with Gasteiger partial charge in [-0.25, -0.2) is 15.8 Å². The molecule has 86 valence electrons. The largest absolute Gasteiger partial charge is 0.367 e. The lowest BCUT2D eigenvalue weighted by atomic mass is 10.3. The zero-order valence-corrected chi connectivity index (χ0v) is 9.45. The predicted molar refractivity (Wildman–Crippen MR) is 63.2 cm³/mol. The van der Waals surface area contributed by atoms with Gasteiger partial charge in [0.05, 0.1) is 0 Å². The number of nitrogens with two attached hydrogens (primary N) is 1. The summed E-state index contributed by atoms with van der Waals surface area (Å²) >= 11 is 0. The van der Waals surface area contributed by atoms with Crippen molar-refractivity contribution >= 4 is 11.6 Å². The van der Waals surface area contributed by atoms with E-state index in [1.807, 2.05) is 6.92 Å². The second kappa shape index (κ2) is 3.59. The molecular formula is C11H17N5. The maximum Gasteiger partial charge on any atom is 0.148 e. The van der Waals surface area contributed by atoms with Crippen LogP contribution in [0.1, 0.15) is 43.0 Å². The molecule has 16 heavy (non-hydrogen) atoms. The third kappa shape index (κ3) is 1.82. The molecule has 2 fully saturated rings. The number of nitrogen functional groups attached to an aromatic ring is 1. The second-order valence-electron chi connectivity index (χ2n) is 4.74. The van der Waals surface area contributed by atoms with Gasteiger partial charge in [0, 0.05) is 17.5 Å². The topological polar surface area (TPSA) is 75.9 Å². The van der Waals surface area contributed by atoms with Crippen LogP contribution in [0.15, 0.2) is 0 Å². The molecule has 0 unspecified atom stereocenters. The zero-order valence-electron chi connectivity index (χ0n) is 9.45. The Bertz CT molecular complexity index is 409. The number of rotatable bonds is 4. The van der Waals surface area contributed by atoms with E-state index in [1.54, 1.807) is 0 Å². The fraction of sp³-hybridized carbons (Fsp3) is 0.636. The molecule has 5 nitrogen and oxygen atoms in total. The predicted octanol–water partition coefficient (Wildman–Crippen LogP) is 1.52. The van der Waals surface area contributed by atoms with Gasteiger partial charge in [-0.1, -0.05) is 0 Å². The molecule has 5 heteroatoms. The van der Waals surface area contributed by atoms with Crippen LogP contribution in [-0.2, 0) is 0 Å². The van der Waals surface area contributed by atoms with Gasteiger partial charge in [-0.3, -0.25) is 0 Å². The zero-order chi connectivity index (χ0) is 11.1. The molecule has 2 aliphatic rings. The standard InChI is InChI=1S/C11H17N5/c1-6-9(13-8-4-5-8)14-11(7-2-3-7)15-10(6)16-12/h7-8H,2-5,12H2,1H3,(H2,13,14,15,16). The summed E-state index contributed by atoms with van der Waals surface area (Å²) in [6.45, 7) is 2.00. The van der Waals surface area contributed by atoms with Crippen molar-refractivity contribution in [2.45, 2.75) is 44.6 Å². The lowest BCUT2D eigenvalue weighted by molar-refractivity contribution is 0.910. The first-order valence-electron chi connectivity index (χ1n) is 5.89. The fourth-order valence-electron chi connectivity index (χ4n) is 1.76. The summed E-state index contributed by atoms with van der Waals surface area (Å²) in [6, 6.07) is 0.603. The smallest absolute Gasteiger partial charge is 0.148 e. The average molecular weight is 219 g/mol. The van der Waals surface area contributed by atoms with Gasteiger partial charge in [-0.15, -0.1) is 0 Å². The van der Waals surface area contributed by atoms with Gasteiger partial charge < -0.3 is 10.7 Å². The van der Waals surface area contributed by atoms with E-state index in [9.17, 15) is 0 Å². The van der Waals surface area contributed by atoms with Crippen molar-refractivity contribution in [1.29, 1.82) is 0 Å². The monoisotopic (exact) mass is 219 g/mol. The quantitative estimate of drug-likeness (QED) is 0.529. The van der Waals surface area contributed by atoms with Crippen LogP contribution in [-0.4, -0.2) is 16.0 Å². The van der Waals surface area contributed by atoms with Crippen LogP contribution in [0.3, 0.4) is 0 Å². The molecular weight excluding hydrogens is 202 g/mol. The molecule has 0 aliphatic heterocycles. The van der Waals surface area contributed by atoms with Crippen molar-refractivity contribution in [2.75, 3.05) is 10.7 Å². The first kappa shape index (κ1) is 9.84. The van der Waals surface area contributed by atoms with Gasteiger partial charge >= 0.3 is 0 Å². The summed E-state index contributed by atoms with van der Waals surface area (Å²) in [4.78, 5) is 9.06. The molecule has 0 amide bonds. The number of hydrogen-bond donors (Lipinski definition) is 3. The van der Waals surface area contributed by atoms with Gasteiger partial charge in [0.25, 0.3) is 0 Å². The Morgan fingerprint density at radius 1 is 1.12 bits per heavy atom. The van der Waals surface area contributed by atoms with E-state index in [0.29, 0.717) is 12.0 Å². The molecule has 3 rings (SSSR count). The second-order valence-corrected chi connectivity index (χ2v) is 4.74. The van der Waals surface area contributed by atoms with Crippen molar-refractivity contribution < 1.29 is 0 Å². The van der Waals surface area contributed by atoms with Gasteiger partial charge in [0.2, 0.25) is 0 Å². The van der Waals surface area contributed by atoms with E-state index < -0.39 is 0 Å². The van der Waals surface area contributed by atoms with Crippen molar-refractivity contribution in [3.8, 4) is 0 Å². The molecule has 1 heterocycles. The summed E-state index contributed by atoms with van der Waals surface area (Å²) < 4.78 is 0. The number of hydrazine groups is 1. The highest BCUT2D eigenvalue weighted by Crippen LogP contribution is 2.40. The number of nitrogens with one attached hydrogen (secondary N) is 2. The molecule has 0 radical (unpaired) electrons. The summed E-state index contributed by atoms with van der Waals surface area (Å²) in [5.74, 6) is 8.67. The first-order chi connectivity index (χ1) is 7.78. The maximum atomic E-state index is 5.49. The third-order valence-corrected chi connectivity index (χ3v) is 3.16. The molecule has 4 N–H and O–H groups in total. The molecule has 2 saturated carbocycles. The van der Waals surface area contributed by atoms with E-state index in [4.69, 9.17) is 5.84 Å². The van der Waals surface area contributed by atoms with E-state index in [-0.39, 0.29) is 0 Å². The number of hydrogen-bond acceptors (Lipinski definition) is 5. The van der Waals surface area contributed by atoms with Crippen molar-refractivity contribution in [3.05, 3.63) is 11.4 Å². The highest BCUT2D eigenvalue weighted by molar-refractivity contribution is 5.57. The Hall–Kier alpha value is -1.36. The number of nitrogens with zero attached hydrogens (tertiary/aromatic N) is 2. The molecule has 0 bridgehead atoms. The minimum absolute atomic E-state index is 0.549. The highest BCUT2D eigenvalue weighted by atomic mass is 15.3. The molecule has 1 aromatic heterocycles. The van der Waals surface area contributed by atoms with Crippen molar-refractivity contribution in [2.24, 2.45) is 5.84 Å². The van der Waals surface area contributed by atoms with Crippen LogP contribution in [0, 0.1) is 6.92 Å². The summed E-state index contributed by atoms with van der Waals surface area (Å²) in [7, 11) is 0. The summed E-state index contributed by atoms with van der Waals surface area (Å²) in [6.07, 6.45) is 4.90. The Morgan fingerprint density at radius 3 is 2.38 bits per heavy atom. The Labute approximate surface area is 94.8 Å². The SMILES string of the molecule is Cc1c(NN)nc(C2CC2)nc1NC1CC1. The van der Waals surface area contributed by atoms with Crippen LogP contribution in [0.2, 0.25) is 0 Å². The maximum absolute atomic E-state index is 5.49.